The van der Waals surface area contributed by atoms with Crippen LogP contribution in [0.3, 0.4) is 0 Å². The molecule has 18 heavy (non-hydrogen) atoms. The van der Waals surface area contributed by atoms with E-state index in [4.69, 9.17) is 5.73 Å². The Labute approximate surface area is 108 Å². The summed E-state index contributed by atoms with van der Waals surface area (Å²) in [5, 5.41) is 12.1. The molecule has 106 valence electrons. The lowest BCUT2D eigenvalue weighted by Crippen LogP contribution is -2.43. The van der Waals surface area contributed by atoms with Gasteiger partial charge in [0.15, 0.2) is 0 Å². The molecule has 7 heteroatoms. The van der Waals surface area contributed by atoms with Gasteiger partial charge in [0.05, 0.1) is 17.9 Å². The fourth-order valence-corrected chi connectivity index (χ4v) is 2.76. The maximum absolute atomic E-state index is 11.6. The van der Waals surface area contributed by atoms with Gasteiger partial charge in [-0.2, -0.15) is 0 Å². The van der Waals surface area contributed by atoms with E-state index in [0.29, 0.717) is 18.9 Å². The molecule has 1 fully saturated rings. The molecule has 1 aliphatic carbocycles. The molecule has 1 aliphatic rings. The fraction of sp³-hybridized carbons (Fsp3) is 0.909. The number of amides is 1. The van der Waals surface area contributed by atoms with E-state index in [9.17, 15) is 18.3 Å². The number of hydrogen-bond acceptors (Lipinski definition) is 5. The monoisotopic (exact) mass is 278 g/mol. The van der Waals surface area contributed by atoms with Crippen molar-refractivity contribution in [3.63, 3.8) is 0 Å². The zero-order valence-corrected chi connectivity index (χ0v) is 11.4. The number of aliphatic hydroxyl groups excluding tert-OH is 1. The summed E-state index contributed by atoms with van der Waals surface area (Å²) < 4.78 is 21.9. The standard InChI is InChI=1S/C11H22N2O4S/c1-18(16,17)5-4-10(12)11(15)13-7-8-2-3-9(14)6-8/h8-10,14H,2-7,12H2,1H3,(H,13,15). The van der Waals surface area contributed by atoms with Gasteiger partial charge in [-0.1, -0.05) is 0 Å². The van der Waals surface area contributed by atoms with Gasteiger partial charge in [0.25, 0.3) is 0 Å². The van der Waals surface area contributed by atoms with Gasteiger partial charge in [0, 0.05) is 12.8 Å². The molecule has 0 radical (unpaired) electrons. The van der Waals surface area contributed by atoms with Crippen molar-refractivity contribution < 1.29 is 18.3 Å². The predicted molar refractivity (Wildman–Crippen MR) is 68.7 cm³/mol. The van der Waals surface area contributed by atoms with Crippen LogP contribution in [0.1, 0.15) is 25.7 Å². The molecule has 0 aromatic heterocycles. The van der Waals surface area contributed by atoms with Gasteiger partial charge >= 0.3 is 0 Å². The third-order valence-corrected chi connectivity index (χ3v) is 4.19. The molecule has 6 nitrogen and oxygen atoms in total. The van der Waals surface area contributed by atoms with Gasteiger partial charge in [0.1, 0.15) is 9.84 Å². The molecule has 1 amide bonds. The summed E-state index contributed by atoms with van der Waals surface area (Å²) in [7, 11) is -3.08. The highest BCUT2D eigenvalue weighted by atomic mass is 32.2. The van der Waals surface area contributed by atoms with Gasteiger partial charge in [-0.15, -0.1) is 0 Å². The average molecular weight is 278 g/mol. The Balaban J connectivity index is 2.23. The Morgan fingerprint density at radius 2 is 2.17 bits per heavy atom. The second kappa shape index (κ2) is 6.49. The maximum Gasteiger partial charge on any atom is 0.236 e. The first kappa shape index (κ1) is 15.4. The molecule has 1 saturated carbocycles. The van der Waals surface area contributed by atoms with Gasteiger partial charge < -0.3 is 16.2 Å². The molecule has 0 saturated heterocycles. The van der Waals surface area contributed by atoms with Crippen molar-refractivity contribution in [1.29, 1.82) is 0 Å². The van der Waals surface area contributed by atoms with Crippen molar-refractivity contribution in [1.82, 2.24) is 5.32 Å². The van der Waals surface area contributed by atoms with Gasteiger partial charge in [-0.05, 0) is 31.6 Å². The Morgan fingerprint density at radius 3 is 2.67 bits per heavy atom. The lowest BCUT2D eigenvalue weighted by atomic mass is 10.1. The molecule has 4 N–H and O–H groups in total. The smallest absolute Gasteiger partial charge is 0.236 e. The first-order valence-corrected chi connectivity index (χ1v) is 8.23. The summed E-state index contributed by atoms with van der Waals surface area (Å²) in [6, 6.07) is -0.786. The summed E-state index contributed by atoms with van der Waals surface area (Å²) in [5.74, 6) is -0.102. The summed E-state index contributed by atoms with van der Waals surface area (Å²) in [4.78, 5) is 11.6. The molecule has 0 aromatic carbocycles. The number of sulfone groups is 1. The quantitative estimate of drug-likeness (QED) is 0.579. The summed E-state index contributed by atoms with van der Waals surface area (Å²) in [5.41, 5.74) is 5.61. The minimum Gasteiger partial charge on any atom is -0.393 e. The Kier molecular flexibility index (Phi) is 5.55. The molecule has 0 aliphatic heterocycles. The Bertz CT molecular complexity index is 383. The minimum absolute atomic E-state index is 0.0796. The lowest BCUT2D eigenvalue weighted by molar-refractivity contribution is -0.122. The van der Waals surface area contributed by atoms with Crippen LogP contribution in [0.2, 0.25) is 0 Å². The van der Waals surface area contributed by atoms with Crippen molar-refractivity contribution in [3.05, 3.63) is 0 Å². The SMILES string of the molecule is CS(=O)(=O)CCC(N)C(=O)NCC1CCC(O)C1. The highest BCUT2D eigenvalue weighted by molar-refractivity contribution is 7.90. The Hall–Kier alpha value is -0.660. The van der Waals surface area contributed by atoms with Crippen LogP contribution in [0.25, 0.3) is 0 Å². The van der Waals surface area contributed by atoms with Gasteiger partial charge in [0.2, 0.25) is 5.91 Å². The highest BCUT2D eigenvalue weighted by Gasteiger charge is 2.24. The van der Waals surface area contributed by atoms with E-state index in [1.165, 1.54) is 0 Å². The topological polar surface area (TPSA) is 109 Å². The number of nitrogens with two attached hydrogens (primary N) is 1. The van der Waals surface area contributed by atoms with E-state index >= 15 is 0 Å². The fourth-order valence-electron chi connectivity index (χ4n) is 2.08. The average Bonchev–Trinajstić information content (AvgIpc) is 2.67. The molecule has 1 rings (SSSR count). The molecule has 0 spiro atoms. The summed E-state index contributed by atoms with van der Waals surface area (Å²) >= 11 is 0. The number of hydrogen-bond donors (Lipinski definition) is 3. The van der Waals surface area contributed by atoms with Crippen LogP contribution in [-0.4, -0.2) is 50.1 Å². The summed E-state index contributed by atoms with van der Waals surface area (Å²) in [6.07, 6.45) is 3.39. The predicted octanol–water partition coefficient (Wildman–Crippen LogP) is -0.974. The van der Waals surface area contributed by atoms with Crippen molar-refractivity contribution >= 4 is 15.7 Å². The maximum atomic E-state index is 11.6. The van der Waals surface area contributed by atoms with Crippen LogP contribution < -0.4 is 11.1 Å². The largest absolute Gasteiger partial charge is 0.393 e. The van der Waals surface area contributed by atoms with Crippen LogP contribution in [0, 0.1) is 5.92 Å². The van der Waals surface area contributed by atoms with Crippen molar-refractivity contribution in [2.45, 2.75) is 37.8 Å². The highest BCUT2D eigenvalue weighted by Crippen LogP contribution is 2.24. The van der Waals surface area contributed by atoms with Crippen LogP contribution in [0.15, 0.2) is 0 Å². The van der Waals surface area contributed by atoms with Crippen LogP contribution in [-0.2, 0) is 14.6 Å². The zero-order chi connectivity index (χ0) is 13.8. The van der Waals surface area contributed by atoms with E-state index in [1.54, 1.807) is 0 Å². The van der Waals surface area contributed by atoms with E-state index in [1.807, 2.05) is 0 Å². The first-order chi connectivity index (χ1) is 8.28. The van der Waals surface area contributed by atoms with Crippen LogP contribution in [0.4, 0.5) is 0 Å². The molecule has 0 bridgehead atoms. The number of aliphatic hydroxyl groups is 1. The summed E-state index contributed by atoms with van der Waals surface area (Å²) in [6.45, 7) is 0.502. The number of carbonyl (C=O) groups excluding carboxylic acids is 1. The molecule has 0 heterocycles. The van der Waals surface area contributed by atoms with E-state index in [2.05, 4.69) is 5.32 Å². The second-order valence-electron chi connectivity index (χ2n) is 5.10. The Morgan fingerprint density at radius 1 is 1.50 bits per heavy atom. The third kappa shape index (κ3) is 5.79. The molecular weight excluding hydrogens is 256 g/mol. The van der Waals surface area contributed by atoms with E-state index in [0.717, 1.165) is 19.1 Å². The van der Waals surface area contributed by atoms with Crippen molar-refractivity contribution in [3.8, 4) is 0 Å². The number of nitrogens with one attached hydrogen (secondary N) is 1. The second-order valence-corrected chi connectivity index (χ2v) is 7.36. The number of rotatable bonds is 6. The van der Waals surface area contributed by atoms with E-state index in [-0.39, 0.29) is 24.2 Å². The van der Waals surface area contributed by atoms with Crippen molar-refractivity contribution in [2.75, 3.05) is 18.6 Å². The van der Waals surface area contributed by atoms with Crippen LogP contribution in [0.5, 0.6) is 0 Å². The number of carbonyl (C=O) groups is 1. The zero-order valence-electron chi connectivity index (χ0n) is 10.6. The normalized spacial score (nSPS) is 25.9. The van der Waals surface area contributed by atoms with Gasteiger partial charge in [-0.25, -0.2) is 8.42 Å². The van der Waals surface area contributed by atoms with E-state index < -0.39 is 15.9 Å². The molecule has 3 unspecified atom stereocenters. The molecule has 0 aromatic rings. The molecular formula is C11H22N2O4S. The van der Waals surface area contributed by atoms with Crippen molar-refractivity contribution in [2.24, 2.45) is 11.7 Å². The third-order valence-electron chi connectivity index (χ3n) is 3.21. The van der Waals surface area contributed by atoms with Crippen LogP contribution >= 0.6 is 0 Å². The first-order valence-electron chi connectivity index (χ1n) is 6.17. The molecule has 3 atom stereocenters. The minimum atomic E-state index is -3.08. The lowest BCUT2D eigenvalue weighted by Gasteiger charge is -2.14. The van der Waals surface area contributed by atoms with Gasteiger partial charge in [-0.3, -0.25) is 4.79 Å².